The number of aryl methyl sites for hydroxylation is 2. The van der Waals surface area contributed by atoms with Crippen LogP contribution in [0.25, 0.3) is 16.8 Å². The molecule has 0 saturated heterocycles. The first-order chi connectivity index (χ1) is 16.4. The lowest BCUT2D eigenvalue weighted by Gasteiger charge is -2.15. The van der Waals surface area contributed by atoms with Crippen LogP contribution in [-0.4, -0.2) is 27.4 Å². The van der Waals surface area contributed by atoms with Crippen LogP contribution in [-0.2, 0) is 6.42 Å². The predicted octanol–water partition coefficient (Wildman–Crippen LogP) is 5.95. The van der Waals surface area contributed by atoms with E-state index >= 15 is 0 Å². The van der Waals surface area contributed by atoms with Crippen molar-refractivity contribution in [3.63, 3.8) is 0 Å². The van der Waals surface area contributed by atoms with E-state index in [0.717, 1.165) is 30.0 Å². The number of aromatic hydroxyl groups is 3. The largest absolute Gasteiger partial charge is 0.504 e. The molecule has 5 heteroatoms. The quantitative estimate of drug-likeness (QED) is 0.203. The fourth-order valence-corrected chi connectivity index (χ4v) is 4.13. The molecule has 5 nitrogen and oxygen atoms in total. The van der Waals surface area contributed by atoms with Crippen molar-refractivity contribution in [3.05, 3.63) is 106 Å². The van der Waals surface area contributed by atoms with Gasteiger partial charge in [0.2, 0.25) is 5.75 Å². The molecule has 0 saturated carbocycles. The average Bonchev–Trinajstić information content (AvgIpc) is 2.87. The Kier molecular flexibility index (Phi) is 6.46. The standard InChI is InChI=1S/C18H14O5.C11H10/c19-9-11-8-14(17(22)18(23)15(11)20)16(21)13-7-3-5-10-4-1-2-6-12(10)13;1-9-5-4-7-10-6-2-3-8-11(9)10/h2-3,5-9,20,22-23H,1,4H2;2-8H,1H3. The minimum atomic E-state index is -0.877. The number of fused-ring (bicyclic) bond motifs is 2. The second-order valence-electron chi connectivity index (χ2n) is 8.12. The Labute approximate surface area is 197 Å². The molecule has 0 radical (unpaired) electrons. The summed E-state index contributed by atoms with van der Waals surface area (Å²) < 4.78 is 0. The molecular weight excluding hydrogens is 428 g/mol. The fourth-order valence-electron chi connectivity index (χ4n) is 4.13. The van der Waals surface area contributed by atoms with Crippen LogP contribution in [0, 0.1) is 6.92 Å². The van der Waals surface area contributed by atoms with Gasteiger partial charge in [-0.05, 0) is 53.3 Å². The van der Waals surface area contributed by atoms with Crippen LogP contribution in [0.5, 0.6) is 17.2 Å². The van der Waals surface area contributed by atoms with Crippen molar-refractivity contribution < 1.29 is 24.9 Å². The van der Waals surface area contributed by atoms with E-state index in [1.165, 1.54) is 16.3 Å². The zero-order valence-electron chi connectivity index (χ0n) is 18.7. The van der Waals surface area contributed by atoms with Crippen molar-refractivity contribution in [2.45, 2.75) is 19.8 Å². The summed E-state index contributed by atoms with van der Waals surface area (Å²) in [6.45, 7) is 2.14. The van der Waals surface area contributed by atoms with Crippen LogP contribution in [0.1, 0.15) is 49.4 Å². The van der Waals surface area contributed by atoms with Crippen LogP contribution in [0.15, 0.2) is 72.8 Å². The molecule has 34 heavy (non-hydrogen) atoms. The molecule has 0 heterocycles. The van der Waals surface area contributed by atoms with Crippen LogP contribution in [0.3, 0.4) is 0 Å². The normalized spacial score (nSPS) is 11.9. The number of ketones is 1. The average molecular weight is 453 g/mol. The van der Waals surface area contributed by atoms with Crippen molar-refractivity contribution in [3.8, 4) is 17.2 Å². The Bertz CT molecular complexity index is 1430. The van der Waals surface area contributed by atoms with E-state index in [1.807, 2.05) is 18.2 Å². The van der Waals surface area contributed by atoms with Gasteiger partial charge in [0.1, 0.15) is 0 Å². The number of hydrogen-bond donors (Lipinski definition) is 3. The molecule has 4 aromatic carbocycles. The zero-order chi connectivity index (χ0) is 24.2. The van der Waals surface area contributed by atoms with Gasteiger partial charge in [-0.3, -0.25) is 9.59 Å². The number of carbonyl (C=O) groups is 2. The van der Waals surface area contributed by atoms with E-state index in [0.29, 0.717) is 11.8 Å². The highest BCUT2D eigenvalue weighted by atomic mass is 16.3. The van der Waals surface area contributed by atoms with Crippen molar-refractivity contribution >= 4 is 28.9 Å². The molecule has 0 atom stereocenters. The number of phenolic OH excluding ortho intramolecular Hbond substituents is 3. The van der Waals surface area contributed by atoms with Crippen molar-refractivity contribution in [2.75, 3.05) is 0 Å². The summed E-state index contributed by atoms with van der Waals surface area (Å²) in [4.78, 5) is 23.7. The third kappa shape index (κ3) is 4.28. The van der Waals surface area contributed by atoms with E-state index in [-0.39, 0.29) is 11.1 Å². The summed E-state index contributed by atoms with van der Waals surface area (Å²) in [7, 11) is 0. The van der Waals surface area contributed by atoms with Crippen LogP contribution < -0.4 is 0 Å². The third-order valence-corrected chi connectivity index (χ3v) is 5.96. The third-order valence-electron chi connectivity index (χ3n) is 5.96. The van der Waals surface area contributed by atoms with Crippen LogP contribution >= 0.6 is 0 Å². The summed E-state index contributed by atoms with van der Waals surface area (Å²) in [6.07, 6.45) is 5.84. The SMILES string of the molecule is Cc1cccc2ccccc12.O=Cc1cc(C(=O)c2cccc3c2C=CCC3)c(O)c(O)c1O. The van der Waals surface area contributed by atoms with E-state index in [2.05, 4.69) is 49.4 Å². The highest BCUT2D eigenvalue weighted by Crippen LogP contribution is 2.41. The number of allylic oxidation sites excluding steroid dienone is 1. The molecule has 0 fully saturated rings. The molecule has 0 aliphatic heterocycles. The fraction of sp³-hybridized carbons (Fsp3) is 0.103. The molecule has 0 bridgehead atoms. The second-order valence-corrected chi connectivity index (χ2v) is 8.12. The minimum Gasteiger partial charge on any atom is -0.504 e. The second kappa shape index (κ2) is 9.63. The molecule has 5 rings (SSSR count). The number of rotatable bonds is 3. The van der Waals surface area contributed by atoms with Crippen molar-refractivity contribution in [1.29, 1.82) is 0 Å². The number of phenols is 3. The number of aldehydes is 1. The summed E-state index contributed by atoms with van der Waals surface area (Å²) in [5.74, 6) is -2.89. The highest BCUT2D eigenvalue weighted by molar-refractivity contribution is 6.14. The highest BCUT2D eigenvalue weighted by Gasteiger charge is 2.24. The van der Waals surface area contributed by atoms with E-state index in [4.69, 9.17) is 0 Å². The first kappa shape index (κ1) is 22.8. The van der Waals surface area contributed by atoms with Crippen LogP contribution in [0.2, 0.25) is 0 Å². The van der Waals surface area contributed by atoms with Gasteiger partial charge in [0.15, 0.2) is 23.6 Å². The predicted molar refractivity (Wildman–Crippen MR) is 133 cm³/mol. The Morgan fingerprint density at radius 1 is 0.853 bits per heavy atom. The van der Waals surface area contributed by atoms with Gasteiger partial charge < -0.3 is 15.3 Å². The monoisotopic (exact) mass is 452 g/mol. The molecule has 0 unspecified atom stereocenters. The molecule has 0 aromatic heterocycles. The summed E-state index contributed by atoms with van der Waals surface area (Å²) in [5.41, 5.74) is 3.03. The van der Waals surface area contributed by atoms with E-state index in [9.17, 15) is 24.9 Å². The summed E-state index contributed by atoms with van der Waals surface area (Å²) >= 11 is 0. The van der Waals surface area contributed by atoms with Gasteiger partial charge in [-0.25, -0.2) is 0 Å². The molecule has 0 amide bonds. The van der Waals surface area contributed by atoms with Gasteiger partial charge in [0.05, 0.1) is 11.1 Å². The summed E-state index contributed by atoms with van der Waals surface area (Å²) in [5, 5.41) is 31.9. The smallest absolute Gasteiger partial charge is 0.201 e. The molecule has 1 aliphatic carbocycles. The van der Waals surface area contributed by atoms with E-state index in [1.54, 1.807) is 12.1 Å². The first-order valence-corrected chi connectivity index (χ1v) is 10.9. The number of carbonyl (C=O) groups excluding carboxylic acids is 2. The number of benzene rings is 4. The van der Waals surface area contributed by atoms with Gasteiger partial charge in [-0.2, -0.15) is 0 Å². The van der Waals surface area contributed by atoms with Gasteiger partial charge in [0.25, 0.3) is 0 Å². The lowest BCUT2D eigenvalue weighted by atomic mass is 9.89. The molecule has 3 N–H and O–H groups in total. The Balaban J connectivity index is 0.000000207. The van der Waals surface area contributed by atoms with Crippen molar-refractivity contribution in [2.24, 2.45) is 0 Å². The molecule has 1 aliphatic rings. The maximum absolute atomic E-state index is 12.8. The van der Waals surface area contributed by atoms with Crippen LogP contribution in [0.4, 0.5) is 0 Å². The number of hydrogen-bond acceptors (Lipinski definition) is 5. The molecular formula is C29H24O5. The van der Waals surface area contributed by atoms with Gasteiger partial charge in [0, 0.05) is 5.56 Å². The van der Waals surface area contributed by atoms with Gasteiger partial charge >= 0.3 is 0 Å². The maximum Gasteiger partial charge on any atom is 0.201 e. The summed E-state index contributed by atoms with van der Waals surface area (Å²) in [6, 6.07) is 21.2. The Morgan fingerprint density at radius 3 is 2.35 bits per heavy atom. The topological polar surface area (TPSA) is 94.8 Å². The minimum absolute atomic E-state index is 0.227. The molecule has 170 valence electrons. The van der Waals surface area contributed by atoms with Gasteiger partial charge in [-0.15, -0.1) is 0 Å². The first-order valence-electron chi connectivity index (χ1n) is 10.9. The van der Waals surface area contributed by atoms with Gasteiger partial charge in [-0.1, -0.05) is 72.8 Å². The lowest BCUT2D eigenvalue weighted by molar-refractivity contribution is 0.103. The lowest BCUT2D eigenvalue weighted by Crippen LogP contribution is -2.08. The Hall–Kier alpha value is -4.38. The molecule has 0 spiro atoms. The molecule has 4 aromatic rings. The zero-order valence-corrected chi connectivity index (χ0v) is 18.7. The van der Waals surface area contributed by atoms with E-state index < -0.39 is 23.0 Å². The van der Waals surface area contributed by atoms with Crippen molar-refractivity contribution in [1.82, 2.24) is 0 Å². The maximum atomic E-state index is 12.8. The Morgan fingerprint density at radius 2 is 1.59 bits per heavy atom.